The smallest absolute Gasteiger partial charge is 0.251 e. The van der Waals surface area contributed by atoms with Crippen molar-refractivity contribution in [3.63, 3.8) is 0 Å². The Bertz CT molecular complexity index is 720. The van der Waals surface area contributed by atoms with E-state index in [1.54, 1.807) is 6.07 Å². The normalized spacial score (nSPS) is 15.5. The van der Waals surface area contributed by atoms with Gasteiger partial charge in [0.15, 0.2) is 0 Å². The van der Waals surface area contributed by atoms with Crippen LogP contribution in [0.25, 0.3) is 0 Å². The van der Waals surface area contributed by atoms with Crippen LogP contribution in [0.1, 0.15) is 21.5 Å². The molecule has 1 aromatic heterocycles. The van der Waals surface area contributed by atoms with E-state index in [1.165, 1.54) is 23.4 Å². The van der Waals surface area contributed by atoms with Crippen molar-refractivity contribution in [3.05, 3.63) is 59.3 Å². The molecule has 6 heteroatoms. The molecule has 0 aliphatic carbocycles. The summed E-state index contributed by atoms with van der Waals surface area (Å²) in [4.78, 5) is 18.1. The van der Waals surface area contributed by atoms with Gasteiger partial charge in [-0.2, -0.15) is 0 Å². The zero-order valence-electron chi connectivity index (χ0n) is 13.5. The SMILES string of the molecule is Nc1cc(C(=O)NC[C@H](O)CN2CCc3ccccc3C2)ccn1. The highest BCUT2D eigenvalue weighted by Gasteiger charge is 2.18. The molecule has 0 unspecified atom stereocenters. The van der Waals surface area contributed by atoms with Gasteiger partial charge in [-0.1, -0.05) is 24.3 Å². The molecule has 2 aromatic rings. The number of nitrogen functional groups attached to an aromatic ring is 1. The van der Waals surface area contributed by atoms with Crippen molar-refractivity contribution >= 4 is 11.7 Å². The molecular weight excluding hydrogens is 304 g/mol. The summed E-state index contributed by atoms with van der Waals surface area (Å²) in [6.45, 7) is 2.50. The quantitative estimate of drug-likeness (QED) is 0.756. The van der Waals surface area contributed by atoms with Gasteiger partial charge in [-0.15, -0.1) is 0 Å². The fourth-order valence-electron chi connectivity index (χ4n) is 2.97. The minimum atomic E-state index is -0.613. The second kappa shape index (κ2) is 7.42. The molecule has 0 fully saturated rings. The lowest BCUT2D eigenvalue weighted by Gasteiger charge is -2.30. The number of anilines is 1. The topological polar surface area (TPSA) is 91.5 Å². The molecule has 0 saturated carbocycles. The van der Waals surface area contributed by atoms with E-state index in [4.69, 9.17) is 5.73 Å². The standard InChI is InChI=1S/C18H22N4O2/c19-17-9-14(5-7-20-17)18(24)21-10-16(23)12-22-8-6-13-3-1-2-4-15(13)11-22/h1-5,7,9,16,23H,6,8,10-12H2,(H2,19,20)(H,21,24)/t16-/m0/s1. The average Bonchev–Trinajstić information content (AvgIpc) is 2.59. The van der Waals surface area contributed by atoms with Crippen LogP contribution in [0, 0.1) is 0 Å². The lowest BCUT2D eigenvalue weighted by molar-refractivity contribution is 0.0842. The van der Waals surface area contributed by atoms with Gasteiger partial charge in [0.1, 0.15) is 5.82 Å². The van der Waals surface area contributed by atoms with E-state index in [1.807, 2.05) is 6.07 Å². The molecule has 0 spiro atoms. The Balaban J connectivity index is 1.48. The minimum Gasteiger partial charge on any atom is -0.390 e. The van der Waals surface area contributed by atoms with Crippen molar-refractivity contribution in [1.82, 2.24) is 15.2 Å². The van der Waals surface area contributed by atoms with Gasteiger partial charge in [-0.3, -0.25) is 9.69 Å². The molecule has 1 aromatic carbocycles. The van der Waals surface area contributed by atoms with Crippen molar-refractivity contribution in [2.75, 3.05) is 25.4 Å². The number of pyridine rings is 1. The molecule has 4 N–H and O–H groups in total. The van der Waals surface area contributed by atoms with Crippen molar-refractivity contribution < 1.29 is 9.90 Å². The third-order valence-corrected chi connectivity index (χ3v) is 4.22. The van der Waals surface area contributed by atoms with Crippen LogP contribution in [0.15, 0.2) is 42.6 Å². The van der Waals surface area contributed by atoms with E-state index in [9.17, 15) is 9.90 Å². The monoisotopic (exact) mass is 326 g/mol. The van der Waals surface area contributed by atoms with Gasteiger partial charge < -0.3 is 16.2 Å². The third kappa shape index (κ3) is 4.10. The Labute approximate surface area is 141 Å². The van der Waals surface area contributed by atoms with Crippen LogP contribution in [-0.2, 0) is 13.0 Å². The number of hydrogen-bond acceptors (Lipinski definition) is 5. The van der Waals surface area contributed by atoms with Gasteiger partial charge in [-0.05, 0) is 29.7 Å². The average molecular weight is 326 g/mol. The number of rotatable bonds is 5. The van der Waals surface area contributed by atoms with Crippen molar-refractivity contribution in [1.29, 1.82) is 0 Å². The van der Waals surface area contributed by atoms with Crippen LogP contribution in [0.4, 0.5) is 5.82 Å². The molecule has 1 aliphatic rings. The number of carbonyl (C=O) groups is 1. The van der Waals surface area contributed by atoms with Crippen LogP contribution in [-0.4, -0.2) is 46.6 Å². The van der Waals surface area contributed by atoms with E-state index in [2.05, 4.69) is 33.4 Å². The first-order valence-corrected chi connectivity index (χ1v) is 8.09. The summed E-state index contributed by atoms with van der Waals surface area (Å²) in [5, 5.41) is 12.9. The number of carbonyl (C=O) groups excluding carboxylic acids is 1. The summed E-state index contributed by atoms with van der Waals surface area (Å²) in [5.74, 6) is 0.0438. The van der Waals surface area contributed by atoms with Crippen LogP contribution in [0.2, 0.25) is 0 Å². The van der Waals surface area contributed by atoms with E-state index in [0.717, 1.165) is 19.5 Å². The van der Waals surface area contributed by atoms with Gasteiger partial charge in [0.05, 0.1) is 6.10 Å². The maximum Gasteiger partial charge on any atom is 0.251 e. The first-order valence-electron chi connectivity index (χ1n) is 8.09. The highest BCUT2D eigenvalue weighted by molar-refractivity contribution is 5.94. The zero-order chi connectivity index (χ0) is 16.9. The second-order valence-electron chi connectivity index (χ2n) is 6.09. The third-order valence-electron chi connectivity index (χ3n) is 4.22. The molecule has 1 aliphatic heterocycles. The Morgan fingerprint density at radius 1 is 1.33 bits per heavy atom. The van der Waals surface area contributed by atoms with Crippen molar-refractivity contribution in [2.24, 2.45) is 0 Å². The van der Waals surface area contributed by atoms with Crippen LogP contribution >= 0.6 is 0 Å². The largest absolute Gasteiger partial charge is 0.390 e. The Kier molecular flexibility index (Phi) is 5.08. The number of aromatic nitrogens is 1. The number of amides is 1. The summed E-state index contributed by atoms with van der Waals surface area (Å²) in [5.41, 5.74) is 8.71. The molecule has 24 heavy (non-hydrogen) atoms. The Hall–Kier alpha value is -2.44. The number of aliphatic hydroxyl groups excluding tert-OH is 1. The summed E-state index contributed by atoms with van der Waals surface area (Å²) >= 11 is 0. The number of hydrogen-bond donors (Lipinski definition) is 3. The molecule has 0 saturated heterocycles. The number of β-amino-alcohol motifs (C(OH)–C–C–N with tert-alkyl or cyclic N) is 1. The Morgan fingerprint density at radius 2 is 2.12 bits per heavy atom. The van der Waals surface area contributed by atoms with Gasteiger partial charge in [0, 0.05) is 37.9 Å². The van der Waals surface area contributed by atoms with E-state index in [0.29, 0.717) is 17.9 Å². The number of fused-ring (bicyclic) bond motifs is 1. The predicted octanol–water partition coefficient (Wildman–Crippen LogP) is 0.813. The molecule has 3 rings (SSSR count). The van der Waals surface area contributed by atoms with Crippen molar-refractivity contribution in [2.45, 2.75) is 19.1 Å². The molecule has 2 heterocycles. The summed E-state index contributed by atoms with van der Waals surface area (Å²) in [6, 6.07) is 11.5. The lowest BCUT2D eigenvalue weighted by Crippen LogP contribution is -2.42. The molecule has 126 valence electrons. The predicted molar refractivity (Wildman–Crippen MR) is 92.4 cm³/mol. The first kappa shape index (κ1) is 16.4. The van der Waals surface area contributed by atoms with Gasteiger partial charge in [0.25, 0.3) is 5.91 Å². The maximum absolute atomic E-state index is 12.0. The summed E-state index contributed by atoms with van der Waals surface area (Å²) in [6.07, 6.45) is 1.87. The van der Waals surface area contributed by atoms with Crippen LogP contribution in [0.3, 0.4) is 0 Å². The molecular formula is C18H22N4O2. The number of aliphatic hydroxyl groups is 1. The molecule has 1 amide bonds. The second-order valence-corrected chi connectivity index (χ2v) is 6.09. The van der Waals surface area contributed by atoms with E-state index < -0.39 is 6.10 Å². The number of nitrogens with two attached hydrogens (primary N) is 1. The van der Waals surface area contributed by atoms with Crippen molar-refractivity contribution in [3.8, 4) is 0 Å². The van der Waals surface area contributed by atoms with Gasteiger partial charge in [-0.25, -0.2) is 4.98 Å². The molecule has 0 radical (unpaired) electrons. The lowest BCUT2D eigenvalue weighted by atomic mass is 10.00. The van der Waals surface area contributed by atoms with Gasteiger partial charge >= 0.3 is 0 Å². The summed E-state index contributed by atoms with van der Waals surface area (Å²) in [7, 11) is 0. The fraction of sp³-hybridized carbons (Fsp3) is 0.333. The number of nitrogens with zero attached hydrogens (tertiary/aromatic N) is 2. The van der Waals surface area contributed by atoms with Gasteiger partial charge in [0.2, 0.25) is 0 Å². The molecule has 1 atom stereocenters. The first-order chi connectivity index (χ1) is 11.6. The van der Waals surface area contributed by atoms with E-state index in [-0.39, 0.29) is 12.5 Å². The Morgan fingerprint density at radius 3 is 2.92 bits per heavy atom. The summed E-state index contributed by atoms with van der Waals surface area (Å²) < 4.78 is 0. The van der Waals surface area contributed by atoms with Crippen LogP contribution < -0.4 is 11.1 Å². The number of nitrogens with one attached hydrogen (secondary N) is 1. The zero-order valence-corrected chi connectivity index (χ0v) is 13.5. The highest BCUT2D eigenvalue weighted by atomic mass is 16.3. The van der Waals surface area contributed by atoms with E-state index >= 15 is 0 Å². The maximum atomic E-state index is 12.0. The van der Waals surface area contributed by atoms with Crippen LogP contribution in [0.5, 0.6) is 0 Å². The molecule has 0 bridgehead atoms. The fourth-order valence-corrected chi connectivity index (χ4v) is 2.97. The highest BCUT2D eigenvalue weighted by Crippen LogP contribution is 2.18. The minimum absolute atomic E-state index is 0.208. The molecule has 6 nitrogen and oxygen atoms in total. The number of benzene rings is 1.